The SMILES string of the molecule is OCCOCCOCCOCCOCCOCCOCCOCCC(F)(F)C(F)(F)C(F)(F)C(F)(F)C(F)(F)C(F)(F)C(F)(F)C(F)(F)F. The molecule has 0 unspecified atom stereocenters. The molecule has 0 saturated heterocycles. The summed E-state index contributed by atoms with van der Waals surface area (Å²) in [6.45, 7) is -1.13. The molecule has 0 fully saturated rings. The maximum Gasteiger partial charge on any atom is 0.460 e. The van der Waals surface area contributed by atoms with E-state index >= 15 is 0 Å². The van der Waals surface area contributed by atoms with Crippen LogP contribution in [0.25, 0.3) is 0 Å². The third-order valence-electron chi connectivity index (χ3n) is 5.82. The molecule has 0 heterocycles. The van der Waals surface area contributed by atoms with Crippen LogP contribution < -0.4 is 0 Å². The van der Waals surface area contributed by atoms with Crippen molar-refractivity contribution in [2.75, 3.05) is 99.1 Å². The van der Waals surface area contributed by atoms with Crippen molar-refractivity contribution < 1.29 is 113 Å². The zero-order chi connectivity index (χ0) is 38.3. The lowest BCUT2D eigenvalue weighted by atomic mass is 9.88. The first-order valence-corrected chi connectivity index (χ1v) is 13.7. The molecule has 25 heteroatoms. The fraction of sp³-hybridized carbons (Fsp3) is 1.00. The van der Waals surface area contributed by atoms with Gasteiger partial charge in [-0.25, -0.2) is 0 Å². The summed E-state index contributed by atoms with van der Waals surface area (Å²) >= 11 is 0. The molecule has 0 bridgehead atoms. The molecule has 1 N–H and O–H groups in total. The number of alkyl halides is 17. The highest BCUT2D eigenvalue weighted by atomic mass is 19.4. The topological polar surface area (TPSA) is 84.8 Å². The fourth-order valence-corrected chi connectivity index (χ4v) is 3.04. The van der Waals surface area contributed by atoms with Crippen LogP contribution in [-0.2, 0) is 33.2 Å². The van der Waals surface area contributed by atoms with Crippen molar-refractivity contribution in [2.24, 2.45) is 0 Å². The number of hydrogen-bond donors (Lipinski definition) is 1. The summed E-state index contributed by atoms with van der Waals surface area (Å²) in [4.78, 5) is 0. The van der Waals surface area contributed by atoms with Gasteiger partial charge in [0, 0.05) is 6.42 Å². The van der Waals surface area contributed by atoms with Gasteiger partial charge in [0.2, 0.25) is 0 Å². The van der Waals surface area contributed by atoms with Crippen LogP contribution in [0, 0.1) is 0 Å². The van der Waals surface area contributed by atoms with Crippen molar-refractivity contribution in [3.05, 3.63) is 0 Å². The smallest absolute Gasteiger partial charge is 0.394 e. The lowest BCUT2D eigenvalue weighted by Gasteiger charge is -2.42. The van der Waals surface area contributed by atoms with Gasteiger partial charge in [0.05, 0.1) is 99.1 Å². The molecule has 49 heavy (non-hydrogen) atoms. The second-order valence-electron chi connectivity index (χ2n) is 9.41. The van der Waals surface area contributed by atoms with Gasteiger partial charge in [-0.3, -0.25) is 0 Å². The number of aliphatic hydroxyl groups is 1. The van der Waals surface area contributed by atoms with E-state index in [2.05, 4.69) is 4.74 Å². The Balaban J connectivity index is 4.47. The molecule has 0 aliphatic heterocycles. The Morgan fingerprint density at radius 3 is 0.776 bits per heavy atom. The Hall–Kier alpha value is -1.51. The monoisotopic (exact) mass is 772 g/mol. The molecule has 0 aromatic heterocycles. The van der Waals surface area contributed by atoms with Crippen molar-refractivity contribution in [3.8, 4) is 0 Å². The summed E-state index contributed by atoms with van der Waals surface area (Å²) in [5.41, 5.74) is 0. The largest absolute Gasteiger partial charge is 0.460 e. The van der Waals surface area contributed by atoms with E-state index in [1.54, 1.807) is 0 Å². The Labute approximate surface area is 267 Å². The van der Waals surface area contributed by atoms with E-state index in [1.807, 2.05) is 0 Å². The molecule has 0 saturated carbocycles. The molecule has 8 nitrogen and oxygen atoms in total. The maximum atomic E-state index is 13.8. The summed E-state index contributed by atoms with van der Waals surface area (Å²) in [6.07, 6.45) is -10.5. The van der Waals surface area contributed by atoms with E-state index in [0.717, 1.165) is 0 Å². The minimum atomic E-state index is -8.66. The Morgan fingerprint density at radius 2 is 0.510 bits per heavy atom. The predicted octanol–water partition coefficient (Wildman–Crippen LogP) is 5.49. The van der Waals surface area contributed by atoms with Crippen LogP contribution in [0.3, 0.4) is 0 Å². The van der Waals surface area contributed by atoms with Crippen LogP contribution in [-0.4, -0.2) is 152 Å². The maximum absolute atomic E-state index is 13.8. The van der Waals surface area contributed by atoms with Crippen molar-refractivity contribution >= 4 is 0 Å². The van der Waals surface area contributed by atoms with Gasteiger partial charge in [-0.05, 0) is 0 Å². The van der Waals surface area contributed by atoms with E-state index in [1.165, 1.54) is 0 Å². The van der Waals surface area contributed by atoms with Gasteiger partial charge in [0.15, 0.2) is 0 Å². The number of hydrogen-bond acceptors (Lipinski definition) is 8. The van der Waals surface area contributed by atoms with Crippen LogP contribution in [0.15, 0.2) is 0 Å². The standard InChI is InChI=1S/C24H33F17O8/c25-17(26,18(27,28)19(29,30)20(31,32)21(33,34)22(35,36)23(37,38)24(39,40)41)1-3-43-5-7-45-9-11-47-13-15-49-16-14-48-12-10-46-8-6-44-4-2-42/h42H,1-16H2. The van der Waals surface area contributed by atoms with Crippen molar-refractivity contribution in [3.63, 3.8) is 0 Å². The van der Waals surface area contributed by atoms with Crippen LogP contribution >= 0.6 is 0 Å². The Bertz CT molecular complexity index is 907. The second kappa shape index (κ2) is 19.9. The van der Waals surface area contributed by atoms with E-state index < -0.39 is 73.9 Å². The van der Waals surface area contributed by atoms with E-state index in [0.29, 0.717) is 26.4 Å². The number of aliphatic hydroxyl groups excluding tert-OH is 1. The van der Waals surface area contributed by atoms with E-state index in [4.69, 9.17) is 33.5 Å². The molecular weight excluding hydrogens is 739 g/mol. The van der Waals surface area contributed by atoms with E-state index in [9.17, 15) is 74.6 Å². The average molecular weight is 772 g/mol. The van der Waals surface area contributed by atoms with Gasteiger partial charge in [-0.2, -0.15) is 74.6 Å². The Kier molecular flexibility index (Phi) is 19.3. The summed E-state index contributed by atoms with van der Waals surface area (Å²) in [6, 6.07) is 0. The normalized spacial score (nSPS) is 14.6. The molecule has 0 aromatic carbocycles. The minimum absolute atomic E-state index is 0.0641. The number of rotatable bonds is 29. The first-order valence-electron chi connectivity index (χ1n) is 13.7. The molecular formula is C24H33F17O8. The molecule has 0 aliphatic carbocycles. The van der Waals surface area contributed by atoms with Crippen LogP contribution in [0.2, 0.25) is 0 Å². The second-order valence-corrected chi connectivity index (χ2v) is 9.41. The number of ether oxygens (including phenoxy) is 7. The summed E-state index contributed by atoms with van der Waals surface area (Å²) in [5.74, 6) is -56.5. The zero-order valence-corrected chi connectivity index (χ0v) is 25.0. The van der Waals surface area contributed by atoms with Gasteiger partial charge in [0.1, 0.15) is 0 Å². The molecule has 0 amide bonds. The van der Waals surface area contributed by atoms with Gasteiger partial charge < -0.3 is 38.3 Å². The van der Waals surface area contributed by atoms with E-state index in [-0.39, 0.29) is 52.9 Å². The quantitative estimate of drug-likeness (QED) is 0.0790. The zero-order valence-electron chi connectivity index (χ0n) is 25.0. The highest BCUT2D eigenvalue weighted by Gasteiger charge is 2.95. The summed E-state index contributed by atoms with van der Waals surface area (Å²) in [5, 5.41) is 8.51. The van der Waals surface area contributed by atoms with Crippen molar-refractivity contribution in [1.82, 2.24) is 0 Å². The summed E-state index contributed by atoms with van der Waals surface area (Å²) in [7, 11) is 0. The van der Waals surface area contributed by atoms with Crippen molar-refractivity contribution in [2.45, 2.75) is 54.1 Å². The van der Waals surface area contributed by atoms with Gasteiger partial charge in [-0.15, -0.1) is 0 Å². The van der Waals surface area contributed by atoms with Crippen molar-refractivity contribution in [1.29, 1.82) is 0 Å². The molecule has 0 rings (SSSR count). The molecule has 0 aliphatic rings. The number of halogens is 17. The predicted molar refractivity (Wildman–Crippen MR) is 128 cm³/mol. The van der Waals surface area contributed by atoms with Gasteiger partial charge >= 0.3 is 47.6 Å². The van der Waals surface area contributed by atoms with Gasteiger partial charge in [-0.1, -0.05) is 0 Å². The molecule has 0 radical (unpaired) electrons. The molecule has 0 spiro atoms. The first kappa shape index (κ1) is 47.5. The fourth-order valence-electron chi connectivity index (χ4n) is 3.04. The molecule has 0 aromatic rings. The lowest BCUT2D eigenvalue weighted by Crippen LogP contribution is -2.74. The lowest BCUT2D eigenvalue weighted by molar-refractivity contribution is -0.462. The van der Waals surface area contributed by atoms with Crippen LogP contribution in [0.4, 0.5) is 74.6 Å². The minimum Gasteiger partial charge on any atom is -0.394 e. The third-order valence-corrected chi connectivity index (χ3v) is 5.82. The highest BCUT2D eigenvalue weighted by molar-refractivity contribution is 5.15. The average Bonchev–Trinajstić information content (AvgIpc) is 2.98. The molecule has 296 valence electrons. The first-order chi connectivity index (χ1) is 22.3. The van der Waals surface area contributed by atoms with Crippen LogP contribution in [0.1, 0.15) is 6.42 Å². The summed E-state index contributed by atoms with van der Waals surface area (Å²) < 4.78 is 260. The molecule has 0 atom stereocenters. The van der Waals surface area contributed by atoms with Crippen LogP contribution in [0.5, 0.6) is 0 Å². The van der Waals surface area contributed by atoms with Gasteiger partial charge in [0.25, 0.3) is 0 Å². The third kappa shape index (κ3) is 12.3. The highest BCUT2D eigenvalue weighted by Crippen LogP contribution is 2.64. The Morgan fingerprint density at radius 1 is 0.286 bits per heavy atom.